The summed E-state index contributed by atoms with van der Waals surface area (Å²) in [6.45, 7) is 1.57. The maximum atomic E-state index is 5.08. The fourth-order valence-electron chi connectivity index (χ4n) is 1.84. The Kier molecular flexibility index (Phi) is 4.36. The molecule has 0 spiro atoms. The van der Waals surface area contributed by atoms with Gasteiger partial charge in [-0.1, -0.05) is 12.1 Å². The highest BCUT2D eigenvalue weighted by Gasteiger charge is 1.97. The van der Waals surface area contributed by atoms with Crippen LogP contribution >= 0.6 is 0 Å². The first-order valence-electron chi connectivity index (χ1n) is 6.07. The van der Waals surface area contributed by atoms with Gasteiger partial charge < -0.3 is 10.1 Å². The quantitative estimate of drug-likeness (QED) is 0.848. The molecule has 1 N–H and O–H groups in total. The summed E-state index contributed by atoms with van der Waals surface area (Å²) in [6, 6.07) is 8.32. The number of aryl methyl sites for hydroxylation is 1. The molecule has 2 rings (SSSR count). The molecule has 0 aliphatic rings. The molecular weight excluding hydrogens is 226 g/mol. The molecule has 1 aromatic carbocycles. The predicted molar refractivity (Wildman–Crippen MR) is 72.6 cm³/mol. The van der Waals surface area contributed by atoms with Crippen molar-refractivity contribution in [2.45, 2.75) is 13.0 Å². The van der Waals surface area contributed by atoms with E-state index in [1.54, 1.807) is 7.11 Å². The standard InChI is InChI=1S/C14H19N3O/c1-17-10-13(9-16-17)7-8-15-14-5-3-12(4-6-14)11-18-2/h3-6,9-10,15H,7-8,11H2,1-2H3. The Balaban J connectivity index is 1.79. The highest BCUT2D eigenvalue weighted by Crippen LogP contribution is 2.10. The van der Waals surface area contributed by atoms with E-state index in [1.807, 2.05) is 24.1 Å². The summed E-state index contributed by atoms with van der Waals surface area (Å²) >= 11 is 0. The van der Waals surface area contributed by atoms with Crippen LogP contribution in [0.4, 0.5) is 5.69 Å². The number of anilines is 1. The van der Waals surface area contributed by atoms with Crippen LogP contribution in [0.2, 0.25) is 0 Å². The molecule has 4 heteroatoms. The van der Waals surface area contributed by atoms with Crippen molar-refractivity contribution >= 4 is 5.69 Å². The monoisotopic (exact) mass is 245 g/mol. The maximum absolute atomic E-state index is 5.08. The van der Waals surface area contributed by atoms with Gasteiger partial charge in [0.1, 0.15) is 0 Å². The zero-order valence-corrected chi connectivity index (χ0v) is 10.9. The second-order valence-electron chi connectivity index (χ2n) is 4.33. The number of hydrogen-bond acceptors (Lipinski definition) is 3. The number of benzene rings is 1. The van der Waals surface area contributed by atoms with Gasteiger partial charge in [0.05, 0.1) is 12.8 Å². The van der Waals surface area contributed by atoms with E-state index in [0.29, 0.717) is 6.61 Å². The molecule has 1 aromatic heterocycles. The van der Waals surface area contributed by atoms with E-state index in [2.05, 4.69) is 34.7 Å². The molecule has 0 aliphatic carbocycles. The average molecular weight is 245 g/mol. The van der Waals surface area contributed by atoms with Crippen molar-refractivity contribution < 1.29 is 4.74 Å². The lowest BCUT2D eigenvalue weighted by atomic mass is 10.2. The van der Waals surface area contributed by atoms with Crippen molar-refractivity contribution in [2.24, 2.45) is 7.05 Å². The second kappa shape index (κ2) is 6.21. The van der Waals surface area contributed by atoms with E-state index in [-0.39, 0.29) is 0 Å². The van der Waals surface area contributed by atoms with Crippen LogP contribution in [0, 0.1) is 0 Å². The molecule has 0 saturated heterocycles. The number of aromatic nitrogens is 2. The van der Waals surface area contributed by atoms with E-state index in [9.17, 15) is 0 Å². The number of hydrogen-bond donors (Lipinski definition) is 1. The molecule has 4 nitrogen and oxygen atoms in total. The molecule has 0 atom stereocenters. The molecule has 0 unspecified atom stereocenters. The summed E-state index contributed by atoms with van der Waals surface area (Å²) < 4.78 is 6.91. The third-order valence-electron chi connectivity index (χ3n) is 2.77. The number of nitrogens with zero attached hydrogens (tertiary/aromatic N) is 2. The van der Waals surface area contributed by atoms with E-state index in [4.69, 9.17) is 4.74 Å². The third-order valence-corrected chi connectivity index (χ3v) is 2.77. The van der Waals surface area contributed by atoms with Crippen LogP contribution in [0.5, 0.6) is 0 Å². The molecule has 0 saturated carbocycles. The molecular formula is C14H19N3O. The Hall–Kier alpha value is -1.81. The molecule has 0 fully saturated rings. The van der Waals surface area contributed by atoms with Crippen LogP contribution in [0.15, 0.2) is 36.7 Å². The average Bonchev–Trinajstić information content (AvgIpc) is 2.78. The lowest BCUT2D eigenvalue weighted by Crippen LogP contribution is -2.04. The van der Waals surface area contributed by atoms with Crippen LogP contribution in [0.3, 0.4) is 0 Å². The Morgan fingerprint density at radius 1 is 1.22 bits per heavy atom. The largest absolute Gasteiger partial charge is 0.385 e. The van der Waals surface area contributed by atoms with E-state index in [1.165, 1.54) is 11.1 Å². The van der Waals surface area contributed by atoms with Crippen LogP contribution in [-0.4, -0.2) is 23.4 Å². The number of nitrogens with one attached hydrogen (secondary N) is 1. The Labute approximate surface area is 108 Å². The predicted octanol–water partition coefficient (Wildman–Crippen LogP) is 2.22. The molecule has 18 heavy (non-hydrogen) atoms. The smallest absolute Gasteiger partial charge is 0.0713 e. The molecule has 0 radical (unpaired) electrons. The summed E-state index contributed by atoms with van der Waals surface area (Å²) in [5.41, 5.74) is 3.58. The zero-order chi connectivity index (χ0) is 12.8. The van der Waals surface area contributed by atoms with Crippen LogP contribution < -0.4 is 5.32 Å². The SMILES string of the molecule is COCc1ccc(NCCc2cnn(C)c2)cc1. The first-order valence-corrected chi connectivity index (χ1v) is 6.07. The van der Waals surface area contributed by atoms with Crippen molar-refractivity contribution in [3.8, 4) is 0 Å². The van der Waals surface area contributed by atoms with Crippen LogP contribution in [0.25, 0.3) is 0 Å². The molecule has 2 aromatic rings. The first-order chi connectivity index (χ1) is 8.78. The first kappa shape index (κ1) is 12.6. The molecule has 0 aliphatic heterocycles. The minimum Gasteiger partial charge on any atom is -0.385 e. The Morgan fingerprint density at radius 3 is 2.61 bits per heavy atom. The van der Waals surface area contributed by atoms with Crippen molar-refractivity contribution in [1.29, 1.82) is 0 Å². The van der Waals surface area contributed by atoms with E-state index < -0.39 is 0 Å². The van der Waals surface area contributed by atoms with Gasteiger partial charge in [-0.2, -0.15) is 5.10 Å². The lowest BCUT2D eigenvalue weighted by Gasteiger charge is -2.06. The minimum atomic E-state index is 0.663. The molecule has 96 valence electrons. The van der Waals surface area contributed by atoms with Crippen molar-refractivity contribution in [3.05, 3.63) is 47.8 Å². The van der Waals surface area contributed by atoms with Crippen molar-refractivity contribution in [3.63, 3.8) is 0 Å². The molecule has 0 bridgehead atoms. The van der Waals surface area contributed by atoms with Crippen molar-refractivity contribution in [2.75, 3.05) is 19.0 Å². The van der Waals surface area contributed by atoms with Gasteiger partial charge in [0, 0.05) is 32.6 Å². The second-order valence-corrected chi connectivity index (χ2v) is 4.33. The summed E-state index contributed by atoms with van der Waals surface area (Å²) in [6.07, 6.45) is 4.93. The maximum Gasteiger partial charge on any atom is 0.0713 e. The van der Waals surface area contributed by atoms with Gasteiger partial charge in [0.15, 0.2) is 0 Å². The zero-order valence-electron chi connectivity index (χ0n) is 10.9. The van der Waals surface area contributed by atoms with Gasteiger partial charge >= 0.3 is 0 Å². The summed E-state index contributed by atoms with van der Waals surface area (Å²) in [5, 5.41) is 7.54. The van der Waals surface area contributed by atoms with Crippen LogP contribution in [-0.2, 0) is 24.8 Å². The highest BCUT2D eigenvalue weighted by molar-refractivity contribution is 5.44. The van der Waals surface area contributed by atoms with Gasteiger partial charge in [-0.25, -0.2) is 0 Å². The minimum absolute atomic E-state index is 0.663. The number of ether oxygens (including phenoxy) is 1. The highest BCUT2D eigenvalue weighted by atomic mass is 16.5. The number of methoxy groups -OCH3 is 1. The Morgan fingerprint density at radius 2 is 2.00 bits per heavy atom. The van der Waals surface area contributed by atoms with E-state index in [0.717, 1.165) is 18.7 Å². The molecule has 1 heterocycles. The van der Waals surface area contributed by atoms with Gasteiger partial charge in [-0.3, -0.25) is 4.68 Å². The summed E-state index contributed by atoms with van der Waals surface area (Å²) in [4.78, 5) is 0. The third kappa shape index (κ3) is 3.60. The summed E-state index contributed by atoms with van der Waals surface area (Å²) in [5.74, 6) is 0. The normalized spacial score (nSPS) is 10.6. The summed E-state index contributed by atoms with van der Waals surface area (Å²) in [7, 11) is 3.64. The number of rotatable bonds is 6. The van der Waals surface area contributed by atoms with Crippen LogP contribution in [0.1, 0.15) is 11.1 Å². The fourth-order valence-corrected chi connectivity index (χ4v) is 1.84. The van der Waals surface area contributed by atoms with Gasteiger partial charge in [-0.15, -0.1) is 0 Å². The fraction of sp³-hybridized carbons (Fsp3) is 0.357. The van der Waals surface area contributed by atoms with Gasteiger partial charge in [0.25, 0.3) is 0 Å². The lowest BCUT2D eigenvalue weighted by molar-refractivity contribution is 0.185. The van der Waals surface area contributed by atoms with Crippen molar-refractivity contribution in [1.82, 2.24) is 9.78 Å². The van der Waals surface area contributed by atoms with Gasteiger partial charge in [0.2, 0.25) is 0 Å². The van der Waals surface area contributed by atoms with Gasteiger partial charge in [-0.05, 0) is 29.7 Å². The Bertz CT molecular complexity index is 476. The molecule has 0 amide bonds. The topological polar surface area (TPSA) is 39.1 Å². The van der Waals surface area contributed by atoms with E-state index >= 15 is 0 Å².